The number of anilines is 1. The number of methoxy groups -OCH3 is 1. The van der Waals surface area contributed by atoms with Gasteiger partial charge in [0.25, 0.3) is 0 Å². The largest absolute Gasteiger partial charge is 0.496 e. The minimum atomic E-state index is -0.185. The Morgan fingerprint density at radius 1 is 1.16 bits per heavy atom. The zero-order chi connectivity index (χ0) is 13.8. The van der Waals surface area contributed by atoms with E-state index in [0.717, 1.165) is 17.0 Å². The summed E-state index contributed by atoms with van der Waals surface area (Å²) in [6.45, 7) is 3.81. The van der Waals surface area contributed by atoms with Crippen molar-refractivity contribution in [3.8, 4) is 5.75 Å². The third kappa shape index (κ3) is 3.05. The van der Waals surface area contributed by atoms with E-state index in [1.165, 1.54) is 6.07 Å². The first-order valence-corrected chi connectivity index (χ1v) is 6.27. The Kier molecular flexibility index (Phi) is 4.05. The van der Waals surface area contributed by atoms with E-state index in [9.17, 15) is 4.39 Å². The number of ether oxygens (including phenoxy) is 1. The van der Waals surface area contributed by atoms with Crippen LogP contribution in [0.1, 0.15) is 24.1 Å². The molecule has 0 radical (unpaired) electrons. The Balaban J connectivity index is 2.20. The van der Waals surface area contributed by atoms with Crippen LogP contribution in [0.4, 0.5) is 10.1 Å². The van der Waals surface area contributed by atoms with Gasteiger partial charge < -0.3 is 10.1 Å². The fourth-order valence-electron chi connectivity index (χ4n) is 2.09. The van der Waals surface area contributed by atoms with Gasteiger partial charge in [0.15, 0.2) is 0 Å². The zero-order valence-electron chi connectivity index (χ0n) is 11.4. The molecule has 0 aliphatic rings. The number of hydrogen-bond acceptors (Lipinski definition) is 2. The summed E-state index contributed by atoms with van der Waals surface area (Å²) in [6, 6.07) is 13.0. The van der Waals surface area contributed by atoms with E-state index >= 15 is 0 Å². The number of hydrogen-bond donors (Lipinski definition) is 1. The molecule has 2 rings (SSSR count). The van der Waals surface area contributed by atoms with E-state index in [1.54, 1.807) is 26.2 Å². The van der Waals surface area contributed by atoms with Crippen LogP contribution in [0.3, 0.4) is 0 Å². The van der Waals surface area contributed by atoms with Crippen LogP contribution < -0.4 is 10.1 Å². The van der Waals surface area contributed by atoms with Gasteiger partial charge in [-0.1, -0.05) is 18.2 Å². The molecule has 2 aromatic carbocycles. The lowest BCUT2D eigenvalue weighted by atomic mass is 10.1. The number of nitrogens with one attached hydrogen (secondary N) is 1. The van der Waals surface area contributed by atoms with Crippen molar-refractivity contribution in [3.05, 3.63) is 59.4 Å². The molecule has 0 saturated heterocycles. The summed E-state index contributed by atoms with van der Waals surface area (Å²) in [5, 5.41) is 3.35. The summed E-state index contributed by atoms with van der Waals surface area (Å²) in [5.74, 6) is 0.664. The van der Waals surface area contributed by atoms with Gasteiger partial charge in [0.05, 0.1) is 13.2 Å². The highest BCUT2D eigenvalue weighted by Gasteiger charge is 2.10. The van der Waals surface area contributed by atoms with Gasteiger partial charge in [-0.3, -0.25) is 0 Å². The predicted octanol–water partition coefficient (Wildman–Crippen LogP) is 4.32. The molecule has 0 amide bonds. The Bertz CT molecular complexity index is 568. The molecule has 2 nitrogen and oxygen atoms in total. The lowest BCUT2D eigenvalue weighted by Crippen LogP contribution is -2.08. The van der Waals surface area contributed by atoms with Gasteiger partial charge in [-0.05, 0) is 43.7 Å². The highest BCUT2D eigenvalue weighted by molar-refractivity contribution is 5.49. The van der Waals surface area contributed by atoms with Crippen LogP contribution >= 0.6 is 0 Å². The lowest BCUT2D eigenvalue weighted by Gasteiger charge is -2.18. The molecule has 0 aliphatic heterocycles. The smallest absolute Gasteiger partial charge is 0.126 e. The normalized spacial score (nSPS) is 12.0. The number of para-hydroxylation sites is 1. The molecule has 3 heteroatoms. The summed E-state index contributed by atoms with van der Waals surface area (Å²) in [4.78, 5) is 0. The third-order valence-electron chi connectivity index (χ3n) is 3.15. The molecule has 19 heavy (non-hydrogen) atoms. The molecule has 0 heterocycles. The second kappa shape index (κ2) is 5.74. The number of halogens is 1. The monoisotopic (exact) mass is 259 g/mol. The molecule has 0 aromatic heterocycles. The lowest BCUT2D eigenvalue weighted by molar-refractivity contribution is 0.408. The fraction of sp³-hybridized carbons (Fsp3) is 0.250. The van der Waals surface area contributed by atoms with Gasteiger partial charge in [0, 0.05) is 11.3 Å². The van der Waals surface area contributed by atoms with Crippen LogP contribution in [0.2, 0.25) is 0 Å². The maximum Gasteiger partial charge on any atom is 0.126 e. The number of aryl methyl sites for hydroxylation is 1. The van der Waals surface area contributed by atoms with Crippen molar-refractivity contribution >= 4 is 5.69 Å². The molecule has 1 atom stereocenters. The van der Waals surface area contributed by atoms with Crippen LogP contribution in [0.25, 0.3) is 0 Å². The topological polar surface area (TPSA) is 21.3 Å². The average Bonchev–Trinajstić information content (AvgIpc) is 2.43. The Hall–Kier alpha value is -2.03. The molecule has 0 saturated carbocycles. The first kappa shape index (κ1) is 13.4. The highest BCUT2D eigenvalue weighted by Crippen LogP contribution is 2.27. The molecule has 100 valence electrons. The second-order valence-corrected chi connectivity index (χ2v) is 4.57. The molecular weight excluding hydrogens is 241 g/mol. The average molecular weight is 259 g/mol. The summed E-state index contributed by atoms with van der Waals surface area (Å²) in [7, 11) is 1.66. The van der Waals surface area contributed by atoms with Crippen molar-refractivity contribution in [2.45, 2.75) is 19.9 Å². The Labute approximate surface area is 113 Å². The van der Waals surface area contributed by atoms with E-state index in [1.807, 2.05) is 24.3 Å². The van der Waals surface area contributed by atoms with Crippen LogP contribution in [0.15, 0.2) is 42.5 Å². The van der Waals surface area contributed by atoms with Gasteiger partial charge in [-0.15, -0.1) is 0 Å². The van der Waals surface area contributed by atoms with Gasteiger partial charge in [0.1, 0.15) is 11.6 Å². The minimum absolute atomic E-state index is 0.0843. The highest BCUT2D eigenvalue weighted by atomic mass is 19.1. The van der Waals surface area contributed by atoms with Gasteiger partial charge in [-0.2, -0.15) is 0 Å². The van der Waals surface area contributed by atoms with Crippen molar-refractivity contribution < 1.29 is 9.13 Å². The zero-order valence-corrected chi connectivity index (χ0v) is 11.4. The summed E-state index contributed by atoms with van der Waals surface area (Å²) < 4.78 is 18.6. The molecule has 2 aromatic rings. The Morgan fingerprint density at radius 3 is 2.58 bits per heavy atom. The maximum absolute atomic E-state index is 13.2. The maximum atomic E-state index is 13.2. The van der Waals surface area contributed by atoms with Crippen molar-refractivity contribution in [1.29, 1.82) is 0 Å². The number of benzene rings is 2. The van der Waals surface area contributed by atoms with Crippen LogP contribution in [0.5, 0.6) is 5.75 Å². The summed E-state index contributed by atoms with van der Waals surface area (Å²) >= 11 is 0. The van der Waals surface area contributed by atoms with Crippen LogP contribution in [-0.4, -0.2) is 7.11 Å². The van der Waals surface area contributed by atoms with E-state index in [4.69, 9.17) is 4.74 Å². The molecule has 0 aliphatic carbocycles. The molecule has 1 unspecified atom stereocenters. The summed E-state index contributed by atoms with van der Waals surface area (Å²) in [5.41, 5.74) is 2.61. The fourth-order valence-corrected chi connectivity index (χ4v) is 2.09. The first-order valence-electron chi connectivity index (χ1n) is 6.27. The molecule has 1 N–H and O–H groups in total. The predicted molar refractivity (Wildman–Crippen MR) is 76.2 cm³/mol. The summed E-state index contributed by atoms with van der Waals surface area (Å²) in [6.07, 6.45) is 0. The second-order valence-electron chi connectivity index (χ2n) is 4.57. The number of rotatable bonds is 4. The van der Waals surface area contributed by atoms with Crippen molar-refractivity contribution in [1.82, 2.24) is 0 Å². The third-order valence-corrected chi connectivity index (χ3v) is 3.15. The minimum Gasteiger partial charge on any atom is -0.496 e. The molecule has 0 spiro atoms. The standard InChI is InChI=1S/C16H18FNO/c1-11-10-13(8-9-15(11)17)18-12(2)14-6-4-5-7-16(14)19-3/h4-10,12,18H,1-3H3. The molecule has 0 bridgehead atoms. The van der Waals surface area contributed by atoms with Gasteiger partial charge in [-0.25, -0.2) is 4.39 Å². The van der Waals surface area contributed by atoms with Crippen molar-refractivity contribution in [3.63, 3.8) is 0 Å². The van der Waals surface area contributed by atoms with E-state index in [2.05, 4.69) is 12.2 Å². The van der Waals surface area contributed by atoms with E-state index in [-0.39, 0.29) is 11.9 Å². The van der Waals surface area contributed by atoms with Crippen molar-refractivity contribution in [2.24, 2.45) is 0 Å². The van der Waals surface area contributed by atoms with E-state index in [0.29, 0.717) is 5.56 Å². The molecule has 0 fully saturated rings. The Morgan fingerprint density at radius 2 is 1.89 bits per heavy atom. The van der Waals surface area contributed by atoms with Gasteiger partial charge in [0.2, 0.25) is 0 Å². The van der Waals surface area contributed by atoms with E-state index < -0.39 is 0 Å². The SMILES string of the molecule is COc1ccccc1C(C)Nc1ccc(F)c(C)c1. The van der Waals surface area contributed by atoms with Crippen molar-refractivity contribution in [2.75, 3.05) is 12.4 Å². The molecular formula is C16H18FNO. The first-order chi connectivity index (χ1) is 9.11. The van der Waals surface area contributed by atoms with Crippen LogP contribution in [0, 0.1) is 12.7 Å². The quantitative estimate of drug-likeness (QED) is 0.883. The van der Waals surface area contributed by atoms with Gasteiger partial charge >= 0.3 is 0 Å². The van der Waals surface area contributed by atoms with Crippen LogP contribution in [-0.2, 0) is 0 Å².